The van der Waals surface area contributed by atoms with E-state index in [0.717, 1.165) is 6.42 Å². The summed E-state index contributed by atoms with van der Waals surface area (Å²) in [5.41, 5.74) is -2.95. The molecule has 1 atom stereocenters. The van der Waals surface area contributed by atoms with Crippen molar-refractivity contribution in [2.75, 3.05) is 26.2 Å². The monoisotopic (exact) mass is 371 g/mol. The quantitative estimate of drug-likeness (QED) is 0.562. The molecular weight excluding hydrogens is 326 g/mol. The van der Waals surface area contributed by atoms with Crippen molar-refractivity contribution in [3.63, 3.8) is 0 Å². The lowest BCUT2D eigenvalue weighted by Gasteiger charge is -2.36. The van der Waals surface area contributed by atoms with Crippen LogP contribution < -0.4 is 0 Å². The van der Waals surface area contributed by atoms with E-state index >= 15 is 0 Å². The number of hydrogen-bond donors (Lipinski definition) is 1. The molecule has 4 heteroatoms. The van der Waals surface area contributed by atoms with Crippen molar-refractivity contribution >= 4 is 5.97 Å². The first-order valence-corrected chi connectivity index (χ1v) is 8.42. The number of carbonyl (C=O) groups is 1. The van der Waals surface area contributed by atoms with Crippen LogP contribution in [-0.4, -0.2) is 43.6 Å². The van der Waals surface area contributed by atoms with Gasteiger partial charge >= 0.3 is 5.97 Å². The molecule has 0 saturated heterocycles. The molecule has 1 saturated carbocycles. The van der Waals surface area contributed by atoms with Crippen LogP contribution in [-0.2, 0) is 15.1 Å². The van der Waals surface area contributed by atoms with Crippen molar-refractivity contribution in [2.24, 2.45) is 5.92 Å². The molecule has 1 aromatic carbocycles. The Balaban J connectivity index is 2.45. The number of carbonyl (C=O) groups excluding carboxylic acids is 1. The van der Waals surface area contributed by atoms with E-state index in [9.17, 15) is 4.79 Å². The van der Waals surface area contributed by atoms with Gasteiger partial charge in [-0.3, -0.25) is 4.90 Å². The van der Waals surface area contributed by atoms with E-state index in [4.69, 9.17) is 29.1 Å². The van der Waals surface area contributed by atoms with Gasteiger partial charge in [0.2, 0.25) is 1.43 Å². The maximum atomic E-state index is 13.5. The lowest BCUT2D eigenvalue weighted by atomic mass is 9.73. The molecule has 1 unspecified atom stereocenters. The first-order valence-electron chi connectivity index (χ1n) is 15.3. The smallest absolute Gasteiger partial charge is 0.344 e. The van der Waals surface area contributed by atoms with E-state index in [-0.39, 0.29) is 0 Å². The third kappa shape index (κ3) is 5.09. The van der Waals surface area contributed by atoms with Crippen LogP contribution in [0.3, 0.4) is 0 Å². The highest BCUT2D eigenvalue weighted by Gasteiger charge is 2.46. The molecule has 142 valence electrons. The molecule has 1 fully saturated rings. The molecule has 1 aliphatic carbocycles. The minimum atomic E-state index is -2.74. The van der Waals surface area contributed by atoms with Gasteiger partial charge in [0.1, 0.15) is 0 Å². The highest BCUT2D eigenvalue weighted by molar-refractivity contribution is 5.81. The van der Waals surface area contributed by atoms with E-state index in [0.29, 0.717) is 30.6 Å². The number of nitrogens with zero attached hydrogens (tertiary/aromatic N) is 1. The molecule has 0 aromatic heterocycles. The molecule has 0 radical (unpaired) electrons. The Kier molecular flexibility index (Phi) is 3.37. The third-order valence-electron chi connectivity index (χ3n) is 4.31. The van der Waals surface area contributed by atoms with Gasteiger partial charge < -0.3 is 9.85 Å². The Labute approximate surface area is 177 Å². The van der Waals surface area contributed by atoms with E-state index in [2.05, 4.69) is 11.8 Å². The lowest BCUT2D eigenvalue weighted by Crippen LogP contribution is -2.45. The average Bonchev–Trinajstić information content (AvgIpc) is 2.85. The van der Waals surface area contributed by atoms with Gasteiger partial charge in [-0.25, -0.2) is 4.79 Å². The third-order valence-corrected chi connectivity index (χ3v) is 4.31. The second-order valence-corrected chi connectivity index (χ2v) is 5.92. The van der Waals surface area contributed by atoms with Crippen LogP contribution in [0.1, 0.15) is 69.2 Å². The fraction of sp³-hybridized carbons (Fsp3) is 0.591. The number of ether oxygens (including phenoxy) is 1. The normalized spacial score (nSPS) is 26.5. The van der Waals surface area contributed by atoms with Crippen molar-refractivity contribution in [2.45, 2.75) is 51.4 Å². The van der Waals surface area contributed by atoms with E-state index in [1.54, 1.807) is 0 Å². The second kappa shape index (κ2) is 10.4. The standard InChI is InChI=1S/C22H31NO3/c1-3-23(4-2)17-11-12-18-26-21(24)22(25,19-13-7-5-8-14-19)20-15-9-6-10-16-20/h5,7-8,13-14,20,25H,3-4,6,9-10,15-18H2,1-2H3/i1D3,2D3,5D,7D,8D,13D,14D,17D2,25D. The van der Waals surface area contributed by atoms with Crippen LogP contribution >= 0.6 is 0 Å². The summed E-state index contributed by atoms with van der Waals surface area (Å²) in [6.07, 6.45) is 2.76. The molecule has 4 nitrogen and oxygen atoms in total. The van der Waals surface area contributed by atoms with Crippen LogP contribution in [0.15, 0.2) is 30.2 Å². The SMILES string of the molecule is [2H]OC(C(=O)OCC#CC([2H])([2H])N(CC([2H])([2H])[2H])CC([2H])([2H])[2H])(c1c([2H])c([2H])c([2H])c([2H])c1[2H])C1CCCCC1. The largest absolute Gasteiger partial charge is 0.450 e. The topological polar surface area (TPSA) is 49.8 Å². The molecule has 1 aliphatic rings. The molecule has 0 heterocycles. The summed E-state index contributed by atoms with van der Waals surface area (Å²) in [4.78, 5) is 14.1. The first-order chi connectivity index (χ1) is 18.3. The van der Waals surface area contributed by atoms with Gasteiger partial charge in [-0.05, 0) is 31.5 Å². The van der Waals surface area contributed by atoms with Crippen LogP contribution in [0.25, 0.3) is 0 Å². The Hall–Kier alpha value is -1.83. The summed E-state index contributed by atoms with van der Waals surface area (Å²) in [7, 11) is 0. The van der Waals surface area contributed by atoms with E-state index < -0.39 is 93.2 Å². The minimum absolute atomic E-state index is 0.337. The zero-order valence-electron chi connectivity index (χ0n) is 28.4. The van der Waals surface area contributed by atoms with Gasteiger partial charge in [0, 0.05) is 14.1 Å². The summed E-state index contributed by atoms with van der Waals surface area (Å²) in [5, 5.41) is 4.93. The Morgan fingerprint density at radius 3 is 2.73 bits per heavy atom. The fourth-order valence-electron chi connectivity index (χ4n) is 2.92. The number of hydrogen-bond acceptors (Lipinski definition) is 4. The first kappa shape index (κ1) is 8.46. The predicted octanol–water partition coefficient (Wildman–Crippen LogP) is 3.34. The molecule has 2 rings (SSSR count). The molecule has 0 amide bonds. The summed E-state index contributed by atoms with van der Waals surface area (Å²) >= 11 is 0. The lowest BCUT2D eigenvalue weighted by molar-refractivity contribution is -0.174. The van der Waals surface area contributed by atoms with Gasteiger partial charge in [-0.15, -0.1) is 0 Å². The Morgan fingerprint density at radius 2 is 2.08 bits per heavy atom. The second-order valence-electron chi connectivity index (χ2n) is 5.92. The van der Waals surface area contributed by atoms with Crippen molar-refractivity contribution in [1.82, 2.24) is 4.90 Å². The Morgan fingerprint density at radius 1 is 1.35 bits per heavy atom. The van der Waals surface area contributed by atoms with Crippen molar-refractivity contribution in [3.8, 4) is 11.8 Å². The number of esters is 1. The minimum Gasteiger partial charge on any atom is -0.450 e. The van der Waals surface area contributed by atoms with Crippen LogP contribution in [0.5, 0.6) is 0 Å². The predicted molar refractivity (Wildman–Crippen MR) is 103 cm³/mol. The molecule has 0 bridgehead atoms. The maximum absolute atomic E-state index is 13.5. The van der Waals surface area contributed by atoms with Gasteiger partial charge in [0.05, 0.1) is 16.1 Å². The highest BCUT2D eigenvalue weighted by atomic mass is 16.5. The Bertz CT molecular complexity index is 1090. The molecule has 26 heavy (non-hydrogen) atoms. The summed E-state index contributed by atoms with van der Waals surface area (Å²) in [5.74, 6) is 2.28. The van der Waals surface area contributed by atoms with Gasteiger partial charge in [0.25, 0.3) is 0 Å². The number of benzene rings is 1. The zero-order chi connectivity index (χ0) is 30.7. The fourth-order valence-corrected chi connectivity index (χ4v) is 2.92. The average molecular weight is 372 g/mol. The van der Waals surface area contributed by atoms with E-state index in [1.165, 1.54) is 0 Å². The molecule has 0 aliphatic heterocycles. The van der Waals surface area contributed by atoms with Gasteiger partial charge in [-0.1, -0.05) is 75.0 Å². The molecule has 0 spiro atoms. The van der Waals surface area contributed by atoms with Crippen LogP contribution in [0.2, 0.25) is 0 Å². The zero-order valence-corrected chi connectivity index (χ0v) is 14.4. The van der Waals surface area contributed by atoms with Crippen LogP contribution in [0.4, 0.5) is 0 Å². The summed E-state index contributed by atoms with van der Waals surface area (Å²) in [6.45, 7) is -10.8. The summed E-state index contributed by atoms with van der Waals surface area (Å²) < 4.78 is 114. The van der Waals surface area contributed by atoms with Crippen molar-refractivity contribution in [1.29, 1.82) is 1.43 Å². The van der Waals surface area contributed by atoms with Gasteiger partial charge in [0.15, 0.2) is 12.2 Å². The van der Waals surface area contributed by atoms with Crippen molar-refractivity contribution < 1.29 is 32.5 Å². The maximum Gasteiger partial charge on any atom is 0.344 e. The van der Waals surface area contributed by atoms with E-state index in [1.807, 2.05) is 0 Å². The molecule has 1 N–H and O–H groups in total. The number of rotatable bonds is 8. The summed E-state index contributed by atoms with van der Waals surface area (Å²) in [6, 6.07) is -3.60. The highest BCUT2D eigenvalue weighted by Crippen LogP contribution is 2.40. The van der Waals surface area contributed by atoms with Crippen LogP contribution in [0, 0.1) is 17.8 Å². The number of aliphatic hydroxyl groups is 1. The molecular formula is C22H31NO3. The van der Waals surface area contributed by atoms with Crippen molar-refractivity contribution in [3.05, 3.63) is 35.8 Å². The van der Waals surface area contributed by atoms with Gasteiger partial charge in [-0.2, -0.15) is 0 Å². The molecule has 1 aromatic rings.